The van der Waals surface area contributed by atoms with E-state index in [0.717, 1.165) is 17.5 Å². The summed E-state index contributed by atoms with van der Waals surface area (Å²) in [4.78, 5) is 0.620. The van der Waals surface area contributed by atoms with Crippen LogP contribution in [0.25, 0.3) is 0 Å². The van der Waals surface area contributed by atoms with Crippen molar-refractivity contribution in [3.63, 3.8) is 0 Å². The molecule has 3 heteroatoms. The first-order chi connectivity index (χ1) is 8.62. The Balaban J connectivity index is 1.93. The van der Waals surface area contributed by atoms with Crippen LogP contribution in [-0.2, 0) is 11.3 Å². The van der Waals surface area contributed by atoms with Crippen molar-refractivity contribution in [2.75, 3.05) is 0 Å². The van der Waals surface area contributed by atoms with Crippen LogP contribution < -0.4 is 0 Å². The molecule has 1 aromatic carbocycles. The first-order valence-corrected chi connectivity index (χ1v) is 8.33. The molecule has 18 heavy (non-hydrogen) atoms. The highest BCUT2D eigenvalue weighted by Crippen LogP contribution is 2.52. The predicted octanol–water partition coefficient (Wildman–Crippen LogP) is 5.31. The maximum atomic E-state index is 6.13. The van der Waals surface area contributed by atoms with E-state index in [1.165, 1.54) is 18.4 Å². The molecule has 0 spiro atoms. The third-order valence-electron chi connectivity index (χ3n) is 4.37. The van der Waals surface area contributed by atoms with Gasteiger partial charge in [-0.1, -0.05) is 57.8 Å². The number of benzene rings is 1. The molecule has 2 unspecified atom stereocenters. The van der Waals surface area contributed by atoms with Crippen LogP contribution in [0.4, 0.5) is 0 Å². The number of hydrogen-bond donors (Lipinski definition) is 0. The van der Waals surface area contributed by atoms with Gasteiger partial charge in [-0.25, -0.2) is 0 Å². The fourth-order valence-electron chi connectivity index (χ4n) is 2.86. The third-order valence-corrected chi connectivity index (χ3v) is 6.18. The summed E-state index contributed by atoms with van der Waals surface area (Å²) in [6, 6.07) is 8.38. The lowest BCUT2D eigenvalue weighted by Crippen LogP contribution is -2.54. The molecule has 0 aliphatic heterocycles. The van der Waals surface area contributed by atoms with E-state index in [4.69, 9.17) is 4.74 Å². The average molecular weight is 376 g/mol. The minimum atomic E-state index is 0.343. The highest BCUT2D eigenvalue weighted by atomic mass is 79.9. The monoisotopic (exact) mass is 374 g/mol. The van der Waals surface area contributed by atoms with Crippen molar-refractivity contribution in [1.82, 2.24) is 0 Å². The lowest BCUT2D eigenvalue weighted by Gasteiger charge is -2.53. The molecule has 0 aromatic heterocycles. The zero-order valence-electron chi connectivity index (χ0n) is 11.0. The number of halogens is 2. The SMILES string of the molecule is CCC1(CC)C(Br)CC1OCc1ccc(Br)cc1. The largest absolute Gasteiger partial charge is 0.373 e. The van der Waals surface area contributed by atoms with E-state index < -0.39 is 0 Å². The number of rotatable bonds is 5. The van der Waals surface area contributed by atoms with Crippen molar-refractivity contribution in [3.05, 3.63) is 34.3 Å². The van der Waals surface area contributed by atoms with Gasteiger partial charge in [0.1, 0.15) is 0 Å². The molecule has 0 saturated heterocycles. The van der Waals surface area contributed by atoms with Crippen molar-refractivity contribution in [3.8, 4) is 0 Å². The van der Waals surface area contributed by atoms with Gasteiger partial charge < -0.3 is 4.74 Å². The normalized spacial score (nSPS) is 25.8. The molecule has 0 N–H and O–H groups in total. The van der Waals surface area contributed by atoms with E-state index >= 15 is 0 Å². The van der Waals surface area contributed by atoms with Gasteiger partial charge in [0.25, 0.3) is 0 Å². The third kappa shape index (κ3) is 2.68. The summed E-state index contributed by atoms with van der Waals surface area (Å²) in [6.45, 7) is 5.26. The van der Waals surface area contributed by atoms with Crippen LogP contribution in [0.15, 0.2) is 28.7 Å². The molecular formula is C15H20Br2O. The molecule has 0 bridgehead atoms. The predicted molar refractivity (Wildman–Crippen MR) is 83.1 cm³/mol. The Kier molecular flexibility index (Phi) is 4.90. The standard InChI is InChI=1S/C15H20Br2O/c1-3-15(4-2)13(17)9-14(15)18-10-11-5-7-12(16)8-6-11/h5-8,13-14H,3-4,9-10H2,1-2H3. The molecule has 0 amide bonds. The van der Waals surface area contributed by atoms with Crippen LogP contribution in [0.5, 0.6) is 0 Å². The van der Waals surface area contributed by atoms with Crippen LogP contribution in [-0.4, -0.2) is 10.9 Å². The minimum Gasteiger partial charge on any atom is -0.373 e. The Morgan fingerprint density at radius 1 is 1.22 bits per heavy atom. The molecule has 2 rings (SSSR count). The quantitative estimate of drug-likeness (QED) is 0.633. The van der Waals surface area contributed by atoms with Gasteiger partial charge in [0.2, 0.25) is 0 Å². The van der Waals surface area contributed by atoms with Gasteiger partial charge in [-0.3, -0.25) is 0 Å². The Morgan fingerprint density at radius 2 is 1.83 bits per heavy atom. The Labute approximate surface area is 127 Å². The number of ether oxygens (including phenoxy) is 1. The second-order valence-electron chi connectivity index (χ2n) is 5.07. The maximum Gasteiger partial charge on any atom is 0.0720 e. The fraction of sp³-hybridized carbons (Fsp3) is 0.600. The summed E-state index contributed by atoms with van der Waals surface area (Å²) in [7, 11) is 0. The van der Waals surface area contributed by atoms with Crippen molar-refractivity contribution < 1.29 is 4.74 Å². The number of hydrogen-bond acceptors (Lipinski definition) is 1. The molecule has 1 fully saturated rings. The highest BCUT2D eigenvalue weighted by molar-refractivity contribution is 9.10. The summed E-state index contributed by atoms with van der Waals surface area (Å²) in [5, 5.41) is 0. The smallest absolute Gasteiger partial charge is 0.0720 e. The summed E-state index contributed by atoms with van der Waals surface area (Å²) in [5.74, 6) is 0. The minimum absolute atomic E-state index is 0.343. The van der Waals surface area contributed by atoms with Crippen LogP contribution in [0.1, 0.15) is 38.7 Å². The summed E-state index contributed by atoms with van der Waals surface area (Å²) in [6.07, 6.45) is 3.91. The summed E-state index contributed by atoms with van der Waals surface area (Å²) >= 11 is 7.25. The molecule has 1 saturated carbocycles. The molecule has 1 aliphatic carbocycles. The Hall–Kier alpha value is 0.140. The van der Waals surface area contributed by atoms with Gasteiger partial charge in [0, 0.05) is 14.7 Å². The molecule has 1 nitrogen and oxygen atoms in total. The van der Waals surface area contributed by atoms with Crippen molar-refractivity contribution in [2.45, 2.75) is 50.6 Å². The van der Waals surface area contributed by atoms with Gasteiger partial charge in [-0.2, -0.15) is 0 Å². The van der Waals surface area contributed by atoms with Gasteiger partial charge in [0.15, 0.2) is 0 Å². The average Bonchev–Trinajstić information content (AvgIpc) is 2.38. The molecule has 1 aliphatic rings. The van der Waals surface area contributed by atoms with Crippen molar-refractivity contribution in [2.24, 2.45) is 5.41 Å². The first-order valence-electron chi connectivity index (χ1n) is 6.62. The Bertz CT molecular complexity index is 384. The number of alkyl halides is 1. The van der Waals surface area contributed by atoms with E-state index in [0.29, 0.717) is 16.3 Å². The fourth-order valence-corrected chi connectivity index (χ4v) is 4.40. The van der Waals surface area contributed by atoms with Crippen molar-refractivity contribution in [1.29, 1.82) is 0 Å². The topological polar surface area (TPSA) is 9.23 Å². The van der Waals surface area contributed by atoms with Gasteiger partial charge in [-0.05, 0) is 37.0 Å². The second kappa shape index (κ2) is 6.06. The molecule has 2 atom stereocenters. The van der Waals surface area contributed by atoms with Crippen LogP contribution in [0.2, 0.25) is 0 Å². The zero-order chi connectivity index (χ0) is 13.2. The van der Waals surface area contributed by atoms with Crippen LogP contribution in [0, 0.1) is 5.41 Å². The summed E-state index contributed by atoms with van der Waals surface area (Å²) < 4.78 is 7.24. The van der Waals surface area contributed by atoms with Crippen LogP contribution >= 0.6 is 31.9 Å². The second-order valence-corrected chi connectivity index (χ2v) is 7.09. The van der Waals surface area contributed by atoms with Gasteiger partial charge in [0.05, 0.1) is 12.7 Å². The maximum absolute atomic E-state index is 6.13. The highest BCUT2D eigenvalue weighted by Gasteiger charge is 2.52. The molecule has 100 valence electrons. The van der Waals surface area contributed by atoms with Crippen molar-refractivity contribution >= 4 is 31.9 Å². The molecular weight excluding hydrogens is 356 g/mol. The molecule has 1 aromatic rings. The van der Waals surface area contributed by atoms with Gasteiger partial charge >= 0.3 is 0 Å². The van der Waals surface area contributed by atoms with Gasteiger partial charge in [-0.15, -0.1) is 0 Å². The summed E-state index contributed by atoms with van der Waals surface area (Å²) in [5.41, 5.74) is 1.59. The van der Waals surface area contributed by atoms with E-state index in [2.05, 4.69) is 70.0 Å². The lowest BCUT2D eigenvalue weighted by molar-refractivity contribution is -0.115. The Morgan fingerprint density at radius 3 is 2.33 bits per heavy atom. The first kappa shape index (κ1) is 14.5. The lowest BCUT2D eigenvalue weighted by atomic mass is 9.62. The van der Waals surface area contributed by atoms with E-state index in [1.807, 2.05) is 0 Å². The molecule has 0 heterocycles. The van der Waals surface area contributed by atoms with E-state index in [-0.39, 0.29) is 0 Å². The molecule has 0 radical (unpaired) electrons. The van der Waals surface area contributed by atoms with Crippen LogP contribution in [0.3, 0.4) is 0 Å². The van der Waals surface area contributed by atoms with E-state index in [9.17, 15) is 0 Å². The zero-order valence-corrected chi connectivity index (χ0v) is 14.1. The van der Waals surface area contributed by atoms with E-state index in [1.54, 1.807) is 0 Å².